The molecule has 1 aromatic heterocycles. The predicted octanol–water partition coefficient (Wildman–Crippen LogP) is 1.67. The van der Waals surface area contributed by atoms with Gasteiger partial charge in [0, 0.05) is 33.3 Å². The van der Waals surface area contributed by atoms with Gasteiger partial charge in [0.25, 0.3) is 0 Å². The average molecular weight is 233 g/mol. The SMILES string of the molecule is CCCN(C)c1cc(N(C)CCC#N)ncn1. The maximum Gasteiger partial charge on any atom is 0.133 e. The van der Waals surface area contributed by atoms with E-state index >= 15 is 0 Å². The number of aromatic nitrogens is 2. The Bertz CT molecular complexity index is 385. The molecule has 0 aromatic carbocycles. The molecule has 5 heteroatoms. The molecule has 0 aliphatic rings. The smallest absolute Gasteiger partial charge is 0.133 e. The Hall–Kier alpha value is -1.83. The van der Waals surface area contributed by atoms with Crippen molar-refractivity contribution in [3.8, 4) is 6.07 Å². The summed E-state index contributed by atoms with van der Waals surface area (Å²) in [5.41, 5.74) is 0. The third kappa shape index (κ3) is 3.91. The summed E-state index contributed by atoms with van der Waals surface area (Å²) in [4.78, 5) is 12.5. The highest BCUT2D eigenvalue weighted by atomic mass is 15.2. The topological polar surface area (TPSA) is 56.0 Å². The standard InChI is InChI=1S/C12H19N5/c1-4-7-16(2)11-9-12(15-10-14-11)17(3)8-5-6-13/h9-10H,4-5,7-8H2,1-3H3. The molecule has 0 aliphatic carbocycles. The monoisotopic (exact) mass is 233 g/mol. The van der Waals surface area contributed by atoms with Crippen LogP contribution in [0.5, 0.6) is 0 Å². The summed E-state index contributed by atoms with van der Waals surface area (Å²) in [5, 5.41) is 8.56. The molecule has 0 amide bonds. The van der Waals surface area contributed by atoms with Gasteiger partial charge in [0.2, 0.25) is 0 Å². The highest BCUT2D eigenvalue weighted by molar-refractivity contribution is 5.49. The van der Waals surface area contributed by atoms with Crippen LogP contribution in [-0.2, 0) is 0 Å². The lowest BCUT2D eigenvalue weighted by molar-refractivity contribution is 0.827. The molecule has 92 valence electrons. The van der Waals surface area contributed by atoms with Crippen molar-refractivity contribution in [2.75, 3.05) is 37.0 Å². The molecule has 5 nitrogen and oxygen atoms in total. The summed E-state index contributed by atoms with van der Waals surface area (Å²) in [6.45, 7) is 3.79. The van der Waals surface area contributed by atoms with Gasteiger partial charge in [-0.2, -0.15) is 5.26 Å². The molecule has 0 atom stereocenters. The van der Waals surface area contributed by atoms with E-state index in [1.165, 1.54) is 0 Å². The molecular weight excluding hydrogens is 214 g/mol. The molecule has 0 bridgehead atoms. The van der Waals surface area contributed by atoms with Gasteiger partial charge in [0.15, 0.2) is 0 Å². The first-order chi connectivity index (χ1) is 8.19. The van der Waals surface area contributed by atoms with Crippen LogP contribution in [0.2, 0.25) is 0 Å². The fourth-order valence-corrected chi connectivity index (χ4v) is 1.54. The van der Waals surface area contributed by atoms with Crippen LogP contribution in [0, 0.1) is 11.3 Å². The summed E-state index contributed by atoms with van der Waals surface area (Å²) in [6.07, 6.45) is 3.15. The third-order valence-electron chi connectivity index (χ3n) is 2.54. The van der Waals surface area contributed by atoms with Crippen molar-refractivity contribution >= 4 is 11.6 Å². The van der Waals surface area contributed by atoms with Gasteiger partial charge in [-0.05, 0) is 6.42 Å². The highest BCUT2D eigenvalue weighted by Gasteiger charge is 2.06. The molecule has 0 spiro atoms. The summed E-state index contributed by atoms with van der Waals surface area (Å²) < 4.78 is 0. The van der Waals surface area contributed by atoms with Crippen molar-refractivity contribution in [1.82, 2.24) is 9.97 Å². The first-order valence-corrected chi connectivity index (χ1v) is 5.80. The van der Waals surface area contributed by atoms with Crippen LogP contribution < -0.4 is 9.80 Å². The number of rotatable bonds is 6. The lowest BCUT2D eigenvalue weighted by atomic mass is 10.4. The minimum absolute atomic E-state index is 0.501. The van der Waals surface area contributed by atoms with Gasteiger partial charge in [0.1, 0.15) is 18.0 Å². The van der Waals surface area contributed by atoms with Crippen LogP contribution in [-0.4, -0.2) is 37.2 Å². The highest BCUT2D eigenvalue weighted by Crippen LogP contribution is 2.15. The number of hydrogen-bond acceptors (Lipinski definition) is 5. The first kappa shape index (κ1) is 13.2. The second kappa shape index (κ2) is 6.69. The Kier molecular flexibility index (Phi) is 5.21. The van der Waals surface area contributed by atoms with E-state index < -0.39 is 0 Å². The molecule has 0 saturated carbocycles. The van der Waals surface area contributed by atoms with Crippen LogP contribution in [0.4, 0.5) is 11.6 Å². The summed E-state index contributed by atoms with van der Waals surface area (Å²) in [7, 11) is 3.95. The average Bonchev–Trinajstić information content (AvgIpc) is 2.36. The second-order valence-electron chi connectivity index (χ2n) is 3.99. The predicted molar refractivity (Wildman–Crippen MR) is 69.1 cm³/mol. The van der Waals surface area contributed by atoms with E-state index in [1.807, 2.05) is 25.1 Å². The zero-order valence-electron chi connectivity index (χ0n) is 10.7. The van der Waals surface area contributed by atoms with Crippen molar-refractivity contribution in [2.24, 2.45) is 0 Å². The molecule has 1 rings (SSSR count). The van der Waals surface area contributed by atoms with Gasteiger partial charge in [-0.25, -0.2) is 9.97 Å². The van der Waals surface area contributed by atoms with E-state index in [0.29, 0.717) is 13.0 Å². The van der Waals surface area contributed by atoms with Crippen molar-refractivity contribution in [2.45, 2.75) is 19.8 Å². The maximum atomic E-state index is 8.56. The summed E-state index contributed by atoms with van der Waals surface area (Å²) >= 11 is 0. The lowest BCUT2D eigenvalue weighted by Crippen LogP contribution is -2.22. The van der Waals surface area contributed by atoms with Gasteiger partial charge < -0.3 is 9.80 Å². The minimum Gasteiger partial charge on any atom is -0.360 e. The van der Waals surface area contributed by atoms with Crippen molar-refractivity contribution in [3.05, 3.63) is 12.4 Å². The molecule has 0 N–H and O–H groups in total. The van der Waals surface area contributed by atoms with E-state index in [9.17, 15) is 0 Å². The number of nitriles is 1. The summed E-state index contributed by atoms with van der Waals surface area (Å²) in [6, 6.07) is 4.08. The quantitative estimate of drug-likeness (QED) is 0.748. The fraction of sp³-hybridized carbons (Fsp3) is 0.583. The largest absolute Gasteiger partial charge is 0.360 e. The van der Waals surface area contributed by atoms with Crippen molar-refractivity contribution in [1.29, 1.82) is 5.26 Å². The van der Waals surface area contributed by atoms with Crippen LogP contribution in [0.25, 0.3) is 0 Å². The van der Waals surface area contributed by atoms with Crippen LogP contribution in [0.15, 0.2) is 12.4 Å². The third-order valence-corrected chi connectivity index (χ3v) is 2.54. The second-order valence-corrected chi connectivity index (χ2v) is 3.99. The maximum absolute atomic E-state index is 8.56. The molecule has 0 aliphatic heterocycles. The number of hydrogen-bond donors (Lipinski definition) is 0. The minimum atomic E-state index is 0.501. The van der Waals surface area contributed by atoms with Gasteiger partial charge >= 0.3 is 0 Å². The molecule has 1 aromatic rings. The molecule has 0 radical (unpaired) electrons. The van der Waals surface area contributed by atoms with E-state index in [-0.39, 0.29) is 0 Å². The van der Waals surface area contributed by atoms with Gasteiger partial charge in [-0.3, -0.25) is 0 Å². The summed E-state index contributed by atoms with van der Waals surface area (Å²) in [5.74, 6) is 1.77. The van der Waals surface area contributed by atoms with E-state index in [1.54, 1.807) is 6.33 Å². The molecule has 0 unspecified atom stereocenters. The fourth-order valence-electron chi connectivity index (χ4n) is 1.54. The molecular formula is C12H19N5. The number of anilines is 2. The molecule has 0 fully saturated rings. The van der Waals surface area contributed by atoms with Gasteiger partial charge in [0.05, 0.1) is 12.5 Å². The first-order valence-electron chi connectivity index (χ1n) is 5.80. The van der Waals surface area contributed by atoms with E-state index in [4.69, 9.17) is 5.26 Å². The Morgan fingerprint density at radius 2 is 1.76 bits per heavy atom. The zero-order valence-corrected chi connectivity index (χ0v) is 10.7. The molecule has 17 heavy (non-hydrogen) atoms. The molecule has 0 saturated heterocycles. The van der Waals surface area contributed by atoms with Crippen molar-refractivity contribution in [3.63, 3.8) is 0 Å². The van der Waals surface area contributed by atoms with Crippen molar-refractivity contribution < 1.29 is 0 Å². The Labute approximate surface area is 103 Å². The number of nitrogens with zero attached hydrogens (tertiary/aromatic N) is 5. The normalized spacial score (nSPS) is 9.76. The Balaban J connectivity index is 2.75. The van der Waals surface area contributed by atoms with E-state index in [2.05, 4.69) is 27.9 Å². The van der Waals surface area contributed by atoms with Crippen LogP contribution >= 0.6 is 0 Å². The van der Waals surface area contributed by atoms with E-state index in [0.717, 1.165) is 24.6 Å². The lowest BCUT2D eigenvalue weighted by Gasteiger charge is -2.20. The zero-order chi connectivity index (χ0) is 12.7. The van der Waals surface area contributed by atoms with Gasteiger partial charge in [-0.1, -0.05) is 6.92 Å². The van der Waals surface area contributed by atoms with Gasteiger partial charge in [-0.15, -0.1) is 0 Å². The Morgan fingerprint density at radius 1 is 1.18 bits per heavy atom. The van der Waals surface area contributed by atoms with Crippen LogP contribution in [0.3, 0.4) is 0 Å². The Morgan fingerprint density at radius 3 is 2.29 bits per heavy atom. The molecule has 1 heterocycles. The van der Waals surface area contributed by atoms with Crippen LogP contribution in [0.1, 0.15) is 19.8 Å².